The van der Waals surface area contributed by atoms with Gasteiger partial charge in [-0.3, -0.25) is 14.2 Å². The largest absolute Gasteiger partial charge is 0.756 e. The van der Waals surface area contributed by atoms with Crippen molar-refractivity contribution in [3.8, 4) is 0 Å². The topological polar surface area (TPSA) is 111 Å². The highest BCUT2D eigenvalue weighted by Crippen LogP contribution is 2.38. The maximum absolute atomic E-state index is 12.8. The van der Waals surface area contributed by atoms with E-state index < -0.39 is 26.5 Å². The monoisotopic (exact) mass is 1150 g/mol. The number of phosphoric ester groups is 1. The number of quaternary nitrogens is 1. The molecule has 0 aliphatic rings. The Morgan fingerprint density at radius 1 is 0.375 bits per heavy atom. The lowest BCUT2D eigenvalue weighted by molar-refractivity contribution is -0.870. The summed E-state index contributed by atoms with van der Waals surface area (Å²) in [4.78, 5) is 38.0. The summed E-state index contributed by atoms with van der Waals surface area (Å²) < 4.78 is 34.3. The molecule has 0 aromatic rings. The first-order chi connectivity index (χ1) is 39.0. The number of likely N-dealkylation sites (N-methyl/N-ethyl adjacent to an activating group) is 1. The Kier molecular flexibility index (Phi) is 61.3. The molecule has 0 bridgehead atoms. The van der Waals surface area contributed by atoms with E-state index in [1.54, 1.807) is 0 Å². The molecule has 0 rings (SSSR count). The van der Waals surface area contributed by atoms with E-state index in [1.807, 2.05) is 21.1 Å². The van der Waals surface area contributed by atoms with E-state index in [-0.39, 0.29) is 32.0 Å². The highest BCUT2D eigenvalue weighted by Gasteiger charge is 2.22. The van der Waals surface area contributed by atoms with Crippen LogP contribution < -0.4 is 4.89 Å². The molecule has 0 radical (unpaired) electrons. The third kappa shape index (κ3) is 65.9. The molecule has 0 aliphatic heterocycles. The van der Waals surface area contributed by atoms with Crippen molar-refractivity contribution in [2.75, 3.05) is 47.5 Å². The number of carbonyl (C=O) groups is 2. The van der Waals surface area contributed by atoms with Gasteiger partial charge in [0.1, 0.15) is 19.8 Å². The SMILES string of the molecule is CCCCCCCCCC/C=C\CCCCCCCCCCCCCCCCCCCCCCCCCCCCCC(=O)OC(COC(=O)CCCCCCCCCCCCCCCCCCC)COP(=O)([O-])OCC[N+](C)(C)C. The number of carbonyl (C=O) groups excluding carboxylic acids is 2. The van der Waals surface area contributed by atoms with Gasteiger partial charge in [0.2, 0.25) is 0 Å². The molecule has 9 nitrogen and oxygen atoms in total. The minimum absolute atomic E-state index is 0.0256. The summed E-state index contributed by atoms with van der Waals surface area (Å²) in [6.45, 7) is 4.32. The Hall–Kier alpha value is -1.25. The normalized spacial score (nSPS) is 13.1. The first kappa shape index (κ1) is 78.8. The van der Waals surface area contributed by atoms with Crippen molar-refractivity contribution >= 4 is 19.8 Å². The maximum atomic E-state index is 12.8. The second-order valence-corrected chi connectivity index (χ2v) is 27.0. The predicted octanol–water partition coefficient (Wildman–Crippen LogP) is 22.1. The molecule has 0 fully saturated rings. The Balaban J connectivity index is 3.86. The van der Waals surface area contributed by atoms with Gasteiger partial charge < -0.3 is 27.9 Å². The summed E-state index contributed by atoms with van der Waals surface area (Å²) in [6, 6.07) is 0. The Morgan fingerprint density at radius 3 is 0.925 bits per heavy atom. The standard InChI is InChI=1S/C70H138NO8P/c1-6-8-10-12-14-16-18-20-22-24-25-26-27-28-29-30-31-32-33-34-35-36-37-38-39-40-41-42-43-44-45-47-49-51-53-55-57-59-61-63-70(73)79-68(67-78-80(74,75)77-65-64-71(3,4)5)66-76-69(72)62-60-58-56-54-52-50-48-46-23-21-19-17-15-13-11-9-7-2/h24-25,68H,6-23,26-67H2,1-5H3/b25-24-. The zero-order valence-electron chi connectivity index (χ0n) is 54.3. The molecule has 0 aliphatic carbocycles. The second kappa shape index (κ2) is 62.3. The number of hydrogen-bond acceptors (Lipinski definition) is 8. The van der Waals surface area contributed by atoms with Gasteiger partial charge in [-0.2, -0.15) is 0 Å². The summed E-state index contributed by atoms with van der Waals surface area (Å²) >= 11 is 0. The molecule has 0 heterocycles. The summed E-state index contributed by atoms with van der Waals surface area (Å²) in [6.07, 6.45) is 76.0. The van der Waals surface area contributed by atoms with Crippen LogP contribution in [0.5, 0.6) is 0 Å². The summed E-state index contributed by atoms with van der Waals surface area (Å²) in [7, 11) is 1.19. The van der Waals surface area contributed by atoms with Crippen LogP contribution >= 0.6 is 7.82 Å². The average molecular weight is 1150 g/mol. The van der Waals surface area contributed by atoms with Crippen LogP contribution in [0.4, 0.5) is 0 Å². The fourth-order valence-corrected chi connectivity index (χ4v) is 11.6. The molecule has 0 saturated carbocycles. The van der Waals surface area contributed by atoms with Crippen LogP contribution in [0.2, 0.25) is 0 Å². The van der Waals surface area contributed by atoms with Crippen LogP contribution in [0.15, 0.2) is 12.2 Å². The van der Waals surface area contributed by atoms with Crippen LogP contribution in [-0.2, 0) is 32.7 Å². The number of hydrogen-bond donors (Lipinski definition) is 0. The number of phosphoric acid groups is 1. The summed E-state index contributed by atoms with van der Waals surface area (Å²) in [5.41, 5.74) is 0. The lowest BCUT2D eigenvalue weighted by Crippen LogP contribution is -2.37. The number of ether oxygens (including phenoxy) is 2. The minimum Gasteiger partial charge on any atom is -0.756 e. The fourth-order valence-electron chi connectivity index (χ4n) is 10.8. The number of rotatable bonds is 67. The zero-order chi connectivity index (χ0) is 58.4. The van der Waals surface area contributed by atoms with Gasteiger partial charge in [-0.1, -0.05) is 334 Å². The van der Waals surface area contributed by atoms with E-state index in [2.05, 4.69) is 26.0 Å². The molecular formula is C70H138NO8P. The highest BCUT2D eigenvalue weighted by atomic mass is 31.2. The lowest BCUT2D eigenvalue weighted by atomic mass is 10.0. The fraction of sp³-hybridized carbons (Fsp3) is 0.943. The number of nitrogens with zero attached hydrogens (tertiary/aromatic N) is 1. The van der Waals surface area contributed by atoms with Gasteiger partial charge in [0.05, 0.1) is 27.7 Å². The van der Waals surface area contributed by atoms with Gasteiger partial charge >= 0.3 is 11.9 Å². The smallest absolute Gasteiger partial charge is 0.306 e. The predicted molar refractivity (Wildman–Crippen MR) is 342 cm³/mol. The van der Waals surface area contributed by atoms with Gasteiger partial charge in [-0.05, 0) is 38.5 Å². The van der Waals surface area contributed by atoms with E-state index in [0.717, 1.165) is 32.1 Å². The average Bonchev–Trinajstić information content (AvgIpc) is 3.42. The molecule has 10 heteroatoms. The van der Waals surface area contributed by atoms with Gasteiger partial charge in [0.15, 0.2) is 6.10 Å². The van der Waals surface area contributed by atoms with E-state index in [9.17, 15) is 19.0 Å². The van der Waals surface area contributed by atoms with Crippen molar-refractivity contribution in [2.24, 2.45) is 0 Å². The van der Waals surface area contributed by atoms with E-state index in [1.165, 1.54) is 308 Å². The van der Waals surface area contributed by atoms with E-state index in [0.29, 0.717) is 17.4 Å². The molecule has 0 N–H and O–H groups in total. The number of esters is 2. The van der Waals surface area contributed by atoms with Gasteiger partial charge in [0.25, 0.3) is 7.82 Å². The van der Waals surface area contributed by atoms with E-state index >= 15 is 0 Å². The molecule has 476 valence electrons. The van der Waals surface area contributed by atoms with Crippen LogP contribution in [-0.4, -0.2) is 70.0 Å². The zero-order valence-corrected chi connectivity index (χ0v) is 55.2. The summed E-state index contributed by atoms with van der Waals surface area (Å²) in [5, 5.41) is 0. The van der Waals surface area contributed by atoms with Crippen molar-refractivity contribution in [1.82, 2.24) is 0 Å². The molecule has 0 aromatic carbocycles. The van der Waals surface area contributed by atoms with Crippen molar-refractivity contribution < 1.29 is 42.1 Å². The number of unbranched alkanes of at least 4 members (excludes halogenated alkanes) is 51. The van der Waals surface area contributed by atoms with Crippen LogP contribution in [0.1, 0.15) is 373 Å². The third-order valence-electron chi connectivity index (χ3n) is 16.3. The molecule has 0 spiro atoms. The number of allylic oxidation sites excluding steroid dienone is 2. The van der Waals surface area contributed by atoms with E-state index in [4.69, 9.17) is 18.5 Å². The Bertz CT molecular complexity index is 1350. The Labute approximate surface area is 498 Å². The molecule has 0 amide bonds. The van der Waals surface area contributed by atoms with Crippen molar-refractivity contribution in [3.05, 3.63) is 12.2 Å². The maximum Gasteiger partial charge on any atom is 0.306 e. The highest BCUT2D eigenvalue weighted by molar-refractivity contribution is 7.45. The van der Waals surface area contributed by atoms with Crippen LogP contribution in [0.3, 0.4) is 0 Å². The molecule has 0 aromatic heterocycles. The van der Waals surface area contributed by atoms with Crippen molar-refractivity contribution in [1.29, 1.82) is 0 Å². The van der Waals surface area contributed by atoms with Gasteiger partial charge in [-0.15, -0.1) is 0 Å². The van der Waals surface area contributed by atoms with Crippen molar-refractivity contribution in [2.45, 2.75) is 380 Å². The first-order valence-corrected chi connectivity index (χ1v) is 36.9. The van der Waals surface area contributed by atoms with Gasteiger partial charge in [0, 0.05) is 12.8 Å². The molecule has 2 unspecified atom stereocenters. The van der Waals surface area contributed by atoms with Crippen LogP contribution in [0, 0.1) is 0 Å². The molecule has 2 atom stereocenters. The summed E-state index contributed by atoms with van der Waals surface area (Å²) in [5.74, 6) is -0.808. The quantitative estimate of drug-likeness (QED) is 0.0195. The second-order valence-electron chi connectivity index (χ2n) is 25.6. The minimum atomic E-state index is -4.63. The lowest BCUT2D eigenvalue weighted by Gasteiger charge is -2.28. The Morgan fingerprint density at radius 2 is 0.637 bits per heavy atom. The van der Waals surface area contributed by atoms with Crippen molar-refractivity contribution in [3.63, 3.8) is 0 Å². The molecule has 80 heavy (non-hydrogen) atoms. The van der Waals surface area contributed by atoms with Gasteiger partial charge in [-0.25, -0.2) is 0 Å². The van der Waals surface area contributed by atoms with Crippen LogP contribution in [0.25, 0.3) is 0 Å². The first-order valence-electron chi connectivity index (χ1n) is 35.4. The third-order valence-corrected chi connectivity index (χ3v) is 17.2. The molecule has 0 saturated heterocycles. The molecular weight excluding hydrogens is 1010 g/mol.